The van der Waals surface area contributed by atoms with E-state index in [0.29, 0.717) is 5.92 Å². The van der Waals surface area contributed by atoms with Gasteiger partial charge < -0.3 is 5.21 Å². The number of hydrogen-bond donors (Lipinski definition) is 1. The molecule has 1 N–H and O–H groups in total. The van der Waals surface area contributed by atoms with Crippen LogP contribution in [0.25, 0.3) is 5.57 Å². The molecule has 0 radical (unpaired) electrons. The maximum atomic E-state index is 13.5. The van der Waals surface area contributed by atoms with Crippen molar-refractivity contribution in [2.45, 2.75) is 44.9 Å². The van der Waals surface area contributed by atoms with Crippen molar-refractivity contribution in [1.29, 1.82) is 0 Å². The number of benzene rings is 1. The second kappa shape index (κ2) is 5.78. The lowest BCUT2D eigenvalue weighted by molar-refractivity contribution is 0.319. The number of hydrogen-bond acceptors (Lipinski definition) is 2. The molecular formula is C17H20FNO. The van der Waals surface area contributed by atoms with E-state index in [4.69, 9.17) is 0 Å². The molecule has 0 saturated heterocycles. The van der Waals surface area contributed by atoms with Crippen molar-refractivity contribution in [2.24, 2.45) is 11.1 Å². The van der Waals surface area contributed by atoms with Gasteiger partial charge in [0.1, 0.15) is 5.82 Å². The molecule has 0 bridgehead atoms. The average molecular weight is 273 g/mol. The Hall–Kier alpha value is -1.64. The molecule has 2 aliphatic rings. The smallest absolute Gasteiger partial charge is 0.123 e. The number of allylic oxidation sites excluding steroid dienone is 2. The summed E-state index contributed by atoms with van der Waals surface area (Å²) in [6, 6.07) is 6.64. The van der Waals surface area contributed by atoms with Crippen molar-refractivity contribution in [3.63, 3.8) is 0 Å². The molecule has 0 atom stereocenters. The van der Waals surface area contributed by atoms with Crippen LogP contribution in [0.2, 0.25) is 0 Å². The zero-order chi connectivity index (χ0) is 13.9. The fourth-order valence-corrected chi connectivity index (χ4v) is 3.64. The third-order valence-electron chi connectivity index (χ3n) is 4.57. The van der Waals surface area contributed by atoms with E-state index in [9.17, 15) is 9.60 Å². The van der Waals surface area contributed by atoms with Gasteiger partial charge in [-0.05, 0) is 49.3 Å². The lowest BCUT2D eigenvalue weighted by Crippen LogP contribution is -2.09. The van der Waals surface area contributed by atoms with E-state index in [-0.39, 0.29) is 5.82 Å². The molecule has 0 aromatic heterocycles. The highest BCUT2D eigenvalue weighted by molar-refractivity contribution is 6.26. The monoisotopic (exact) mass is 273 g/mol. The second-order valence-corrected chi connectivity index (χ2v) is 5.79. The highest BCUT2D eigenvalue weighted by atomic mass is 19.1. The third kappa shape index (κ3) is 2.49. The first-order chi connectivity index (χ1) is 9.79. The summed E-state index contributed by atoms with van der Waals surface area (Å²) in [7, 11) is 0. The van der Waals surface area contributed by atoms with Gasteiger partial charge in [-0.2, -0.15) is 0 Å². The van der Waals surface area contributed by atoms with Gasteiger partial charge in [-0.15, -0.1) is 0 Å². The first kappa shape index (κ1) is 13.3. The minimum atomic E-state index is -0.234. The number of halogens is 1. The van der Waals surface area contributed by atoms with Gasteiger partial charge in [0, 0.05) is 5.57 Å². The lowest BCUT2D eigenvalue weighted by Gasteiger charge is -2.24. The largest absolute Gasteiger partial charge is 0.411 e. The average Bonchev–Trinajstić information content (AvgIpc) is 2.92. The maximum Gasteiger partial charge on any atom is 0.123 e. The summed E-state index contributed by atoms with van der Waals surface area (Å²) in [6.45, 7) is 0. The van der Waals surface area contributed by atoms with Crippen LogP contribution >= 0.6 is 0 Å². The summed E-state index contributed by atoms with van der Waals surface area (Å²) >= 11 is 0. The highest BCUT2D eigenvalue weighted by Gasteiger charge is 2.29. The molecule has 2 nitrogen and oxygen atoms in total. The van der Waals surface area contributed by atoms with Crippen molar-refractivity contribution >= 4 is 11.3 Å². The van der Waals surface area contributed by atoms with Crippen LogP contribution in [0.1, 0.15) is 50.5 Å². The van der Waals surface area contributed by atoms with E-state index >= 15 is 0 Å². The number of oxime groups is 1. The predicted molar refractivity (Wildman–Crippen MR) is 78.4 cm³/mol. The Morgan fingerprint density at radius 2 is 1.90 bits per heavy atom. The fraction of sp³-hybridized carbons (Fsp3) is 0.471. The Balaban J connectivity index is 2.03. The van der Waals surface area contributed by atoms with Crippen LogP contribution in [-0.2, 0) is 0 Å². The highest BCUT2D eigenvalue weighted by Crippen LogP contribution is 2.41. The van der Waals surface area contributed by atoms with E-state index in [1.807, 2.05) is 6.07 Å². The molecule has 106 valence electrons. The van der Waals surface area contributed by atoms with Gasteiger partial charge in [0.05, 0.1) is 5.71 Å². The van der Waals surface area contributed by atoms with Crippen molar-refractivity contribution in [2.75, 3.05) is 0 Å². The van der Waals surface area contributed by atoms with E-state index < -0.39 is 0 Å². The Labute approximate surface area is 119 Å². The molecule has 1 fully saturated rings. The molecule has 1 saturated carbocycles. The third-order valence-corrected chi connectivity index (χ3v) is 4.57. The Morgan fingerprint density at radius 1 is 1.10 bits per heavy atom. The van der Waals surface area contributed by atoms with Gasteiger partial charge in [-0.25, -0.2) is 4.39 Å². The van der Waals surface area contributed by atoms with Crippen molar-refractivity contribution < 1.29 is 9.60 Å². The van der Waals surface area contributed by atoms with Crippen LogP contribution in [0, 0.1) is 11.7 Å². The van der Waals surface area contributed by atoms with E-state index in [0.717, 1.165) is 29.7 Å². The lowest BCUT2D eigenvalue weighted by atomic mass is 9.81. The Morgan fingerprint density at radius 3 is 2.60 bits per heavy atom. The molecule has 0 unspecified atom stereocenters. The quantitative estimate of drug-likeness (QED) is 0.610. The zero-order valence-corrected chi connectivity index (χ0v) is 11.6. The van der Waals surface area contributed by atoms with Crippen molar-refractivity contribution in [3.8, 4) is 0 Å². The maximum absolute atomic E-state index is 13.5. The van der Waals surface area contributed by atoms with Crippen LogP contribution < -0.4 is 0 Å². The summed E-state index contributed by atoms with van der Waals surface area (Å²) in [5.41, 5.74) is 3.95. The minimum Gasteiger partial charge on any atom is -0.411 e. The minimum absolute atomic E-state index is 0.234. The SMILES string of the molecule is ON=C1CCC(C2CCCCC2)=C1c1cccc(F)c1. The summed E-state index contributed by atoms with van der Waals surface area (Å²) in [6.07, 6.45) is 8.02. The first-order valence-electron chi connectivity index (χ1n) is 7.50. The van der Waals surface area contributed by atoms with Crippen LogP contribution in [0.5, 0.6) is 0 Å². The van der Waals surface area contributed by atoms with Crippen molar-refractivity contribution in [1.82, 2.24) is 0 Å². The second-order valence-electron chi connectivity index (χ2n) is 5.79. The molecular weight excluding hydrogens is 253 g/mol. The zero-order valence-electron chi connectivity index (χ0n) is 11.6. The predicted octanol–water partition coefficient (Wildman–Crippen LogP) is 4.78. The van der Waals surface area contributed by atoms with Crippen LogP contribution in [0.3, 0.4) is 0 Å². The van der Waals surface area contributed by atoms with Gasteiger partial charge in [0.15, 0.2) is 0 Å². The van der Waals surface area contributed by atoms with Crippen LogP contribution in [0.15, 0.2) is 35.0 Å². The normalized spacial score (nSPS) is 22.8. The Bertz CT molecular complexity index is 556. The summed E-state index contributed by atoms with van der Waals surface area (Å²) < 4.78 is 13.5. The summed E-state index contributed by atoms with van der Waals surface area (Å²) in [4.78, 5) is 0. The molecule has 2 aliphatic carbocycles. The topological polar surface area (TPSA) is 32.6 Å². The van der Waals surface area contributed by atoms with Crippen LogP contribution in [-0.4, -0.2) is 10.9 Å². The van der Waals surface area contributed by atoms with E-state index in [1.54, 1.807) is 12.1 Å². The molecule has 20 heavy (non-hydrogen) atoms. The molecule has 3 rings (SSSR count). The van der Waals surface area contributed by atoms with Gasteiger partial charge in [0.25, 0.3) is 0 Å². The molecule has 0 heterocycles. The first-order valence-corrected chi connectivity index (χ1v) is 7.50. The standard InChI is InChI=1S/C17H20FNO/c18-14-8-4-7-13(11-14)17-15(9-10-16(17)19-20)12-5-2-1-3-6-12/h4,7-8,11-12,20H,1-3,5-6,9-10H2. The van der Waals surface area contributed by atoms with Gasteiger partial charge in [-0.1, -0.05) is 42.1 Å². The van der Waals surface area contributed by atoms with E-state index in [2.05, 4.69) is 5.16 Å². The van der Waals surface area contributed by atoms with Crippen LogP contribution in [0.4, 0.5) is 4.39 Å². The molecule has 0 spiro atoms. The van der Waals surface area contributed by atoms with Gasteiger partial charge in [0.2, 0.25) is 0 Å². The number of nitrogens with zero attached hydrogens (tertiary/aromatic N) is 1. The molecule has 0 aliphatic heterocycles. The molecule has 1 aromatic rings. The van der Waals surface area contributed by atoms with Gasteiger partial charge >= 0.3 is 0 Å². The molecule has 3 heteroatoms. The van der Waals surface area contributed by atoms with Crippen molar-refractivity contribution in [3.05, 3.63) is 41.2 Å². The summed E-state index contributed by atoms with van der Waals surface area (Å²) in [5, 5.41) is 12.7. The summed E-state index contributed by atoms with van der Waals surface area (Å²) in [5.74, 6) is 0.350. The Kier molecular flexibility index (Phi) is 3.86. The van der Waals surface area contributed by atoms with Gasteiger partial charge in [-0.3, -0.25) is 0 Å². The van der Waals surface area contributed by atoms with E-state index in [1.165, 1.54) is 43.7 Å². The number of rotatable bonds is 2. The molecule has 0 amide bonds. The fourth-order valence-electron chi connectivity index (χ4n) is 3.64. The molecule has 1 aromatic carbocycles.